The Labute approximate surface area is 177 Å². The van der Waals surface area contributed by atoms with Crippen LogP contribution in [0.2, 0.25) is 5.02 Å². The fourth-order valence-electron chi connectivity index (χ4n) is 3.73. The predicted molar refractivity (Wildman–Crippen MR) is 106 cm³/mol. The van der Waals surface area contributed by atoms with Crippen LogP contribution in [0.4, 0.5) is 10.1 Å². The van der Waals surface area contributed by atoms with Crippen LogP contribution < -0.4 is 10.0 Å². The van der Waals surface area contributed by atoms with Crippen LogP contribution in [0, 0.1) is 17.1 Å². The Morgan fingerprint density at radius 2 is 2.13 bits per heavy atom. The first kappa shape index (κ1) is 20.8. The van der Waals surface area contributed by atoms with E-state index < -0.39 is 27.3 Å². The van der Waals surface area contributed by atoms with Gasteiger partial charge in [-0.05, 0) is 38.0 Å². The van der Waals surface area contributed by atoms with Crippen LogP contribution in [0.25, 0.3) is 0 Å². The largest absolute Gasteiger partial charge is 0.377 e. The molecule has 8 nitrogen and oxygen atoms in total. The Morgan fingerprint density at radius 1 is 1.40 bits per heavy atom. The Morgan fingerprint density at radius 3 is 2.77 bits per heavy atom. The van der Waals surface area contributed by atoms with Crippen molar-refractivity contribution in [1.29, 1.82) is 5.26 Å². The number of halogens is 2. The first-order chi connectivity index (χ1) is 14.1. The van der Waals surface area contributed by atoms with Crippen molar-refractivity contribution in [2.75, 3.05) is 18.5 Å². The number of hydrogen-bond acceptors (Lipinski definition) is 5. The molecule has 2 N–H and O–H groups in total. The number of aromatic nitrogens is 1. The van der Waals surface area contributed by atoms with Crippen molar-refractivity contribution >= 4 is 33.2 Å². The van der Waals surface area contributed by atoms with Crippen molar-refractivity contribution in [1.82, 2.24) is 9.29 Å². The molecule has 2 aliphatic rings. The number of nitrogens with zero attached hydrogens (tertiary/aromatic N) is 2. The van der Waals surface area contributed by atoms with E-state index in [1.165, 1.54) is 12.1 Å². The third-order valence-corrected chi connectivity index (χ3v) is 7.33. The molecular weight excluding hydrogens is 435 g/mol. The van der Waals surface area contributed by atoms with Gasteiger partial charge in [-0.1, -0.05) is 11.6 Å². The average Bonchev–Trinajstić information content (AvgIpc) is 3.20. The summed E-state index contributed by atoms with van der Waals surface area (Å²) in [5, 5.41) is 11.4. The van der Waals surface area contributed by atoms with E-state index in [9.17, 15) is 17.6 Å². The Bertz CT molecular complexity index is 1200. The van der Waals surface area contributed by atoms with Gasteiger partial charge in [-0.3, -0.25) is 4.79 Å². The SMILES string of the molecule is CC1(NS(=O)(=O)c2c(Cl)c(C(=O)Nc3ccc(F)c(C#N)c3)n3c2CCC3)COC1. The summed E-state index contributed by atoms with van der Waals surface area (Å²) >= 11 is 6.42. The van der Waals surface area contributed by atoms with Crippen molar-refractivity contribution < 1.29 is 22.3 Å². The first-order valence-corrected chi connectivity index (χ1v) is 11.0. The molecule has 11 heteroatoms. The molecule has 1 amide bonds. The van der Waals surface area contributed by atoms with E-state index in [2.05, 4.69) is 10.0 Å². The highest BCUT2D eigenvalue weighted by molar-refractivity contribution is 7.89. The van der Waals surface area contributed by atoms with E-state index in [1.54, 1.807) is 17.6 Å². The molecule has 1 saturated heterocycles. The molecule has 2 aliphatic heterocycles. The summed E-state index contributed by atoms with van der Waals surface area (Å²) in [5.41, 5.74) is -0.257. The minimum atomic E-state index is -3.99. The second-order valence-corrected chi connectivity index (χ2v) is 9.61. The minimum absolute atomic E-state index is 0.0161. The highest BCUT2D eigenvalue weighted by Crippen LogP contribution is 2.37. The summed E-state index contributed by atoms with van der Waals surface area (Å²) in [5.74, 6) is -1.34. The first-order valence-electron chi connectivity index (χ1n) is 9.19. The predicted octanol–water partition coefficient (Wildman–Crippen LogP) is 2.42. The van der Waals surface area contributed by atoms with Crippen LogP contribution in [0.5, 0.6) is 0 Å². The molecule has 0 aliphatic carbocycles. The number of benzene rings is 1. The van der Waals surface area contributed by atoms with Crippen LogP contribution in [0.3, 0.4) is 0 Å². The maximum Gasteiger partial charge on any atom is 0.273 e. The van der Waals surface area contributed by atoms with Crippen LogP contribution in [0.15, 0.2) is 23.1 Å². The molecular formula is C19H18ClFN4O4S. The van der Waals surface area contributed by atoms with Gasteiger partial charge >= 0.3 is 0 Å². The van der Waals surface area contributed by atoms with Gasteiger partial charge in [0.15, 0.2) is 0 Å². The lowest BCUT2D eigenvalue weighted by atomic mass is 10.0. The fraction of sp³-hybridized carbons (Fsp3) is 0.368. The lowest BCUT2D eigenvalue weighted by molar-refractivity contribution is -0.0523. The minimum Gasteiger partial charge on any atom is -0.377 e. The number of amides is 1. The zero-order valence-electron chi connectivity index (χ0n) is 16.0. The van der Waals surface area contributed by atoms with Crippen molar-refractivity contribution in [2.45, 2.75) is 36.7 Å². The molecule has 2 aromatic rings. The van der Waals surface area contributed by atoms with Crippen LogP contribution >= 0.6 is 11.6 Å². The average molecular weight is 453 g/mol. The smallest absolute Gasteiger partial charge is 0.273 e. The molecule has 4 rings (SSSR count). The summed E-state index contributed by atoms with van der Waals surface area (Å²) in [6.45, 7) is 2.67. The lowest BCUT2D eigenvalue weighted by Crippen LogP contribution is -2.59. The second-order valence-electron chi connectivity index (χ2n) is 7.61. The van der Waals surface area contributed by atoms with Gasteiger partial charge < -0.3 is 14.6 Å². The number of hydrogen-bond donors (Lipinski definition) is 2. The van der Waals surface area contributed by atoms with E-state index >= 15 is 0 Å². The van der Waals surface area contributed by atoms with Gasteiger partial charge in [0.1, 0.15) is 22.5 Å². The number of nitriles is 1. The molecule has 1 aromatic carbocycles. The monoisotopic (exact) mass is 452 g/mol. The van der Waals surface area contributed by atoms with Gasteiger partial charge in [0.2, 0.25) is 10.0 Å². The number of rotatable bonds is 5. The summed E-state index contributed by atoms with van der Waals surface area (Å²) in [6.07, 6.45) is 1.14. The molecule has 0 spiro atoms. The summed E-state index contributed by atoms with van der Waals surface area (Å²) in [4.78, 5) is 12.8. The van der Waals surface area contributed by atoms with Gasteiger partial charge in [-0.2, -0.15) is 5.26 Å². The van der Waals surface area contributed by atoms with E-state index in [1.807, 2.05) is 0 Å². The molecule has 0 atom stereocenters. The van der Waals surface area contributed by atoms with Crippen molar-refractivity contribution in [2.24, 2.45) is 0 Å². The van der Waals surface area contributed by atoms with Gasteiger partial charge in [0.05, 0.1) is 29.3 Å². The molecule has 30 heavy (non-hydrogen) atoms. The lowest BCUT2D eigenvalue weighted by Gasteiger charge is -2.38. The second kappa shape index (κ2) is 7.35. The topological polar surface area (TPSA) is 113 Å². The van der Waals surface area contributed by atoms with Crippen LogP contribution in [0.1, 0.15) is 35.1 Å². The van der Waals surface area contributed by atoms with E-state index in [-0.39, 0.29) is 40.1 Å². The quantitative estimate of drug-likeness (QED) is 0.723. The number of carbonyl (C=O) groups is 1. The Kier molecular flexibility index (Phi) is 5.10. The van der Waals surface area contributed by atoms with Crippen LogP contribution in [-0.2, 0) is 27.7 Å². The van der Waals surface area contributed by atoms with Crippen molar-refractivity contribution in [3.8, 4) is 6.07 Å². The van der Waals surface area contributed by atoms with Gasteiger partial charge in [-0.15, -0.1) is 0 Å². The number of ether oxygens (including phenoxy) is 1. The maximum atomic E-state index is 13.5. The molecule has 158 valence electrons. The zero-order valence-corrected chi connectivity index (χ0v) is 17.5. The van der Waals surface area contributed by atoms with E-state index in [0.717, 1.165) is 6.07 Å². The molecule has 1 fully saturated rings. The molecule has 0 saturated carbocycles. The normalized spacial score (nSPS) is 17.1. The summed E-state index contributed by atoms with van der Waals surface area (Å²) in [6, 6.07) is 5.28. The number of anilines is 1. The molecule has 0 bridgehead atoms. The summed E-state index contributed by atoms with van der Waals surface area (Å²) < 4.78 is 49.0. The van der Waals surface area contributed by atoms with Crippen molar-refractivity contribution in [3.63, 3.8) is 0 Å². The maximum absolute atomic E-state index is 13.5. The Balaban J connectivity index is 1.71. The third-order valence-electron chi connectivity index (χ3n) is 5.11. The van der Waals surface area contributed by atoms with Gasteiger partial charge in [0.25, 0.3) is 5.91 Å². The van der Waals surface area contributed by atoms with Gasteiger partial charge in [0, 0.05) is 17.9 Å². The summed E-state index contributed by atoms with van der Waals surface area (Å²) in [7, 11) is -3.99. The number of nitrogens with one attached hydrogen (secondary N) is 2. The molecule has 3 heterocycles. The molecule has 0 radical (unpaired) electrons. The molecule has 0 unspecified atom stereocenters. The standard InChI is InChI=1S/C19H18ClFN4O4S/c1-19(9-29-10-19)24-30(27,28)17-14-3-2-6-25(14)16(15(17)20)18(26)23-12-4-5-13(21)11(7-12)8-22/h4-5,7,24H,2-3,6,9-10H2,1H3,(H,23,26). The van der Waals surface area contributed by atoms with Gasteiger partial charge in [-0.25, -0.2) is 17.5 Å². The number of carbonyl (C=O) groups excluding carboxylic acids is 1. The van der Waals surface area contributed by atoms with Crippen LogP contribution in [-0.4, -0.2) is 37.6 Å². The van der Waals surface area contributed by atoms with E-state index in [4.69, 9.17) is 21.6 Å². The fourth-order valence-corrected chi connectivity index (χ4v) is 6.05. The van der Waals surface area contributed by atoms with E-state index in [0.29, 0.717) is 25.1 Å². The number of sulfonamides is 1. The Hall–Kier alpha value is -2.45. The highest BCUT2D eigenvalue weighted by Gasteiger charge is 2.42. The number of fused-ring (bicyclic) bond motifs is 1. The van der Waals surface area contributed by atoms with Crippen molar-refractivity contribution in [3.05, 3.63) is 46.0 Å². The highest BCUT2D eigenvalue weighted by atomic mass is 35.5. The zero-order chi connectivity index (χ0) is 21.7. The molecule has 1 aromatic heterocycles. The third kappa shape index (κ3) is 3.48.